The third-order valence-electron chi connectivity index (χ3n) is 8.87. The van der Waals surface area contributed by atoms with E-state index < -0.39 is 0 Å². The van der Waals surface area contributed by atoms with Gasteiger partial charge in [-0.25, -0.2) is 0 Å². The maximum absolute atomic E-state index is 12.3. The molecule has 0 fully saturated rings. The number of hydrogen-bond donors (Lipinski definition) is 1. The monoisotopic (exact) mass is 578 g/mol. The summed E-state index contributed by atoms with van der Waals surface area (Å²) in [6.07, 6.45) is 40.1. The van der Waals surface area contributed by atoms with E-state index in [1.807, 2.05) is 6.92 Å². The fourth-order valence-corrected chi connectivity index (χ4v) is 5.94. The molecule has 3 heteroatoms. The van der Waals surface area contributed by atoms with E-state index in [9.17, 15) is 9.59 Å². The maximum Gasteiger partial charge on any atom is 0.223 e. The second-order valence-corrected chi connectivity index (χ2v) is 13.2. The lowest BCUT2D eigenvalue weighted by Crippen LogP contribution is -2.31. The van der Waals surface area contributed by atoms with Crippen LogP contribution in [0.3, 0.4) is 0 Å². The van der Waals surface area contributed by atoms with Gasteiger partial charge in [0.15, 0.2) is 0 Å². The van der Waals surface area contributed by atoms with Gasteiger partial charge in [0.1, 0.15) is 5.78 Å². The van der Waals surface area contributed by atoms with Gasteiger partial charge < -0.3 is 5.32 Å². The molecule has 0 spiro atoms. The van der Waals surface area contributed by atoms with Gasteiger partial charge in [0.05, 0.1) is 0 Å². The molecule has 0 aliphatic heterocycles. The van der Waals surface area contributed by atoms with Crippen LogP contribution in [-0.4, -0.2) is 18.2 Å². The SMILES string of the molecule is CCCCCCCCCCCCCCCCCCCCCC(=O)C[C@@H](C)C(=O)NCCCCCCCCCCCC. The van der Waals surface area contributed by atoms with E-state index in [2.05, 4.69) is 19.2 Å². The van der Waals surface area contributed by atoms with Gasteiger partial charge in [0.25, 0.3) is 0 Å². The van der Waals surface area contributed by atoms with Gasteiger partial charge in [-0.05, 0) is 12.8 Å². The second-order valence-electron chi connectivity index (χ2n) is 13.2. The van der Waals surface area contributed by atoms with Crippen molar-refractivity contribution in [2.24, 2.45) is 5.92 Å². The Balaban J connectivity index is 3.37. The Bertz CT molecular complexity index is 546. The molecule has 1 atom stereocenters. The molecule has 0 bridgehead atoms. The molecule has 3 nitrogen and oxygen atoms in total. The Morgan fingerprint density at radius 1 is 0.439 bits per heavy atom. The number of Topliss-reactive ketones (excluding diaryl/α,β-unsaturated/α-hetero) is 1. The lowest BCUT2D eigenvalue weighted by atomic mass is 9.99. The summed E-state index contributed by atoms with van der Waals surface area (Å²) in [4.78, 5) is 24.6. The van der Waals surface area contributed by atoms with Crippen molar-refractivity contribution in [1.29, 1.82) is 0 Å². The number of ketones is 1. The van der Waals surface area contributed by atoms with Gasteiger partial charge in [-0.3, -0.25) is 9.59 Å². The third kappa shape index (κ3) is 31.9. The van der Waals surface area contributed by atoms with Gasteiger partial charge in [-0.1, -0.05) is 194 Å². The standard InChI is InChI=1S/C38H75NO2/c1-4-6-8-10-12-14-16-17-18-19-20-21-22-23-24-25-27-29-31-33-37(40)35-36(3)38(41)39-34-32-30-28-26-15-13-11-9-7-5-2/h36H,4-35H2,1-3H3,(H,39,41)/t36-/m1/s1. The van der Waals surface area contributed by atoms with Crippen molar-refractivity contribution in [3.8, 4) is 0 Å². The largest absolute Gasteiger partial charge is 0.356 e. The van der Waals surface area contributed by atoms with E-state index in [-0.39, 0.29) is 17.6 Å². The molecule has 0 aliphatic rings. The minimum absolute atomic E-state index is 0.0578. The average molecular weight is 578 g/mol. The van der Waals surface area contributed by atoms with Crippen molar-refractivity contribution in [2.45, 2.75) is 220 Å². The smallest absolute Gasteiger partial charge is 0.223 e. The quantitative estimate of drug-likeness (QED) is 0.0773. The fraction of sp³-hybridized carbons (Fsp3) is 0.947. The van der Waals surface area contributed by atoms with Gasteiger partial charge >= 0.3 is 0 Å². The molecular formula is C38H75NO2. The summed E-state index contributed by atoms with van der Waals surface area (Å²) in [7, 11) is 0. The van der Waals surface area contributed by atoms with Crippen LogP contribution in [0.2, 0.25) is 0 Å². The number of carbonyl (C=O) groups excluding carboxylic acids is 2. The summed E-state index contributed by atoms with van der Waals surface area (Å²) in [5.41, 5.74) is 0. The van der Waals surface area contributed by atoms with Gasteiger partial charge in [0, 0.05) is 25.3 Å². The molecule has 0 aromatic carbocycles. The number of unbranched alkanes of at least 4 members (excludes halogenated alkanes) is 27. The first-order valence-electron chi connectivity index (χ1n) is 18.9. The minimum Gasteiger partial charge on any atom is -0.356 e. The van der Waals surface area contributed by atoms with Crippen molar-refractivity contribution < 1.29 is 9.59 Å². The van der Waals surface area contributed by atoms with Crippen LogP contribution in [0.15, 0.2) is 0 Å². The number of nitrogens with one attached hydrogen (secondary N) is 1. The van der Waals surface area contributed by atoms with Crippen LogP contribution in [0, 0.1) is 5.92 Å². The van der Waals surface area contributed by atoms with Crippen molar-refractivity contribution in [2.75, 3.05) is 6.54 Å². The summed E-state index contributed by atoms with van der Waals surface area (Å²) in [6, 6.07) is 0. The van der Waals surface area contributed by atoms with Crippen molar-refractivity contribution in [3.05, 3.63) is 0 Å². The van der Waals surface area contributed by atoms with E-state index in [1.165, 1.54) is 167 Å². The van der Waals surface area contributed by atoms with E-state index in [0.29, 0.717) is 12.8 Å². The Kier molecular flexibility index (Phi) is 32.9. The summed E-state index contributed by atoms with van der Waals surface area (Å²) >= 11 is 0. The number of hydrogen-bond acceptors (Lipinski definition) is 2. The Morgan fingerprint density at radius 2 is 0.732 bits per heavy atom. The first kappa shape index (κ1) is 40.1. The zero-order valence-corrected chi connectivity index (χ0v) is 28.5. The molecule has 244 valence electrons. The fourth-order valence-electron chi connectivity index (χ4n) is 5.94. The first-order valence-corrected chi connectivity index (χ1v) is 18.9. The van der Waals surface area contributed by atoms with E-state index >= 15 is 0 Å². The van der Waals surface area contributed by atoms with Crippen LogP contribution < -0.4 is 5.32 Å². The summed E-state index contributed by atoms with van der Waals surface area (Å²) in [5.74, 6) is 0.131. The number of carbonyl (C=O) groups is 2. The summed E-state index contributed by atoms with van der Waals surface area (Å²) < 4.78 is 0. The molecule has 1 amide bonds. The molecule has 0 saturated carbocycles. The number of amides is 1. The van der Waals surface area contributed by atoms with E-state index in [1.54, 1.807) is 0 Å². The van der Waals surface area contributed by atoms with Crippen LogP contribution in [0.25, 0.3) is 0 Å². The van der Waals surface area contributed by atoms with Gasteiger partial charge in [-0.15, -0.1) is 0 Å². The number of rotatable bonds is 34. The van der Waals surface area contributed by atoms with Crippen LogP contribution in [-0.2, 0) is 9.59 Å². The molecular weight excluding hydrogens is 502 g/mol. The highest BCUT2D eigenvalue weighted by molar-refractivity contribution is 5.86. The van der Waals surface area contributed by atoms with E-state index in [0.717, 1.165) is 25.8 Å². The molecule has 0 radical (unpaired) electrons. The molecule has 41 heavy (non-hydrogen) atoms. The molecule has 0 heterocycles. The van der Waals surface area contributed by atoms with Crippen LogP contribution in [0.5, 0.6) is 0 Å². The van der Waals surface area contributed by atoms with Crippen LogP contribution >= 0.6 is 0 Å². The molecule has 0 aromatic rings. The highest BCUT2D eigenvalue weighted by Gasteiger charge is 2.16. The maximum atomic E-state index is 12.3. The highest BCUT2D eigenvalue weighted by Crippen LogP contribution is 2.16. The first-order chi connectivity index (χ1) is 20.1. The molecule has 0 aliphatic carbocycles. The van der Waals surface area contributed by atoms with Crippen LogP contribution in [0.1, 0.15) is 220 Å². The zero-order valence-electron chi connectivity index (χ0n) is 28.5. The molecule has 0 unspecified atom stereocenters. The highest BCUT2D eigenvalue weighted by atomic mass is 16.2. The summed E-state index contributed by atoms with van der Waals surface area (Å²) in [6.45, 7) is 7.22. The molecule has 1 N–H and O–H groups in total. The minimum atomic E-state index is -0.189. The Hall–Kier alpha value is -0.860. The zero-order chi connectivity index (χ0) is 30.1. The Labute approximate surface area is 258 Å². The lowest BCUT2D eigenvalue weighted by Gasteiger charge is -2.11. The Morgan fingerprint density at radius 3 is 1.07 bits per heavy atom. The molecule has 0 rings (SSSR count). The second kappa shape index (κ2) is 33.6. The van der Waals surface area contributed by atoms with Gasteiger partial charge in [0.2, 0.25) is 5.91 Å². The lowest BCUT2D eigenvalue weighted by molar-refractivity contribution is -0.129. The van der Waals surface area contributed by atoms with Crippen molar-refractivity contribution >= 4 is 11.7 Å². The topological polar surface area (TPSA) is 46.2 Å². The van der Waals surface area contributed by atoms with Crippen LogP contribution in [0.4, 0.5) is 0 Å². The normalized spacial score (nSPS) is 12.1. The summed E-state index contributed by atoms with van der Waals surface area (Å²) in [5, 5.41) is 3.05. The molecule has 0 aromatic heterocycles. The average Bonchev–Trinajstić information content (AvgIpc) is 2.96. The predicted molar refractivity (Wildman–Crippen MR) is 182 cm³/mol. The van der Waals surface area contributed by atoms with Gasteiger partial charge in [-0.2, -0.15) is 0 Å². The molecule has 0 saturated heterocycles. The third-order valence-corrected chi connectivity index (χ3v) is 8.87. The van der Waals surface area contributed by atoms with Crippen molar-refractivity contribution in [1.82, 2.24) is 5.32 Å². The predicted octanol–water partition coefficient (Wildman–Crippen LogP) is 12.4. The van der Waals surface area contributed by atoms with Crippen molar-refractivity contribution in [3.63, 3.8) is 0 Å². The van der Waals surface area contributed by atoms with E-state index in [4.69, 9.17) is 0 Å².